The van der Waals surface area contributed by atoms with Crippen LogP contribution in [0.4, 0.5) is 5.69 Å². The van der Waals surface area contributed by atoms with Gasteiger partial charge in [-0.25, -0.2) is 0 Å². The molecular formula is C20H22N2O. The van der Waals surface area contributed by atoms with E-state index in [1.807, 2.05) is 30.5 Å². The van der Waals surface area contributed by atoms with Gasteiger partial charge in [0.05, 0.1) is 0 Å². The summed E-state index contributed by atoms with van der Waals surface area (Å²) in [6.07, 6.45) is 5.44. The van der Waals surface area contributed by atoms with Crippen molar-refractivity contribution in [2.45, 2.75) is 32.6 Å². The lowest BCUT2D eigenvalue weighted by molar-refractivity contribution is -0.116. The first-order valence-corrected chi connectivity index (χ1v) is 8.20. The van der Waals surface area contributed by atoms with Crippen LogP contribution in [0.3, 0.4) is 0 Å². The third kappa shape index (κ3) is 3.81. The highest BCUT2D eigenvalue weighted by molar-refractivity contribution is 5.91. The number of H-pyrrole nitrogens is 1. The average Bonchev–Trinajstić information content (AvgIpc) is 2.98. The molecule has 0 radical (unpaired) electrons. The Hall–Kier alpha value is -2.55. The van der Waals surface area contributed by atoms with E-state index in [1.54, 1.807) is 0 Å². The summed E-state index contributed by atoms with van der Waals surface area (Å²) in [6.45, 7) is 2.17. The molecule has 2 aromatic carbocycles. The SMILES string of the molecule is CCCc1ccc(NC(=O)CCc2c[nH]c3ccccc23)cc1. The maximum absolute atomic E-state index is 12.1. The van der Waals surface area contributed by atoms with Crippen LogP contribution < -0.4 is 5.32 Å². The molecule has 0 aliphatic rings. The molecule has 0 spiro atoms. The van der Waals surface area contributed by atoms with Gasteiger partial charge in [0.15, 0.2) is 0 Å². The van der Waals surface area contributed by atoms with E-state index in [2.05, 4.69) is 41.5 Å². The quantitative estimate of drug-likeness (QED) is 0.681. The minimum atomic E-state index is 0.0542. The second-order valence-electron chi connectivity index (χ2n) is 5.85. The zero-order chi connectivity index (χ0) is 16.1. The van der Waals surface area contributed by atoms with Gasteiger partial charge in [-0.05, 0) is 42.2 Å². The number of aryl methyl sites for hydroxylation is 2. The third-order valence-electron chi connectivity index (χ3n) is 4.07. The summed E-state index contributed by atoms with van der Waals surface area (Å²) < 4.78 is 0. The highest BCUT2D eigenvalue weighted by Crippen LogP contribution is 2.19. The smallest absolute Gasteiger partial charge is 0.224 e. The van der Waals surface area contributed by atoms with Crippen molar-refractivity contribution in [3.63, 3.8) is 0 Å². The van der Waals surface area contributed by atoms with Gasteiger partial charge in [0, 0.05) is 29.2 Å². The van der Waals surface area contributed by atoms with Gasteiger partial charge in [-0.2, -0.15) is 0 Å². The molecule has 118 valence electrons. The second-order valence-corrected chi connectivity index (χ2v) is 5.85. The molecule has 0 saturated carbocycles. The second kappa shape index (κ2) is 7.14. The van der Waals surface area contributed by atoms with Crippen LogP contribution in [-0.2, 0) is 17.6 Å². The summed E-state index contributed by atoms with van der Waals surface area (Å²) >= 11 is 0. The van der Waals surface area contributed by atoms with Crippen LogP contribution in [0.25, 0.3) is 10.9 Å². The van der Waals surface area contributed by atoms with Gasteiger partial charge in [0.2, 0.25) is 5.91 Å². The number of carbonyl (C=O) groups excluding carboxylic acids is 1. The monoisotopic (exact) mass is 306 g/mol. The molecule has 3 rings (SSSR count). The predicted molar refractivity (Wildman–Crippen MR) is 95.7 cm³/mol. The molecule has 23 heavy (non-hydrogen) atoms. The fourth-order valence-electron chi connectivity index (χ4n) is 2.85. The molecule has 0 bridgehead atoms. The van der Waals surface area contributed by atoms with Gasteiger partial charge in [0.1, 0.15) is 0 Å². The highest BCUT2D eigenvalue weighted by atomic mass is 16.1. The van der Waals surface area contributed by atoms with Crippen LogP contribution in [0.1, 0.15) is 30.9 Å². The van der Waals surface area contributed by atoms with E-state index in [4.69, 9.17) is 0 Å². The number of rotatable bonds is 6. The first kappa shape index (κ1) is 15.3. The number of nitrogens with one attached hydrogen (secondary N) is 2. The lowest BCUT2D eigenvalue weighted by Gasteiger charge is -2.06. The van der Waals surface area contributed by atoms with Crippen molar-refractivity contribution < 1.29 is 4.79 Å². The number of carbonyl (C=O) groups is 1. The summed E-state index contributed by atoms with van der Waals surface area (Å²) in [5.74, 6) is 0.0542. The Morgan fingerprint density at radius 1 is 1.04 bits per heavy atom. The van der Waals surface area contributed by atoms with E-state index in [1.165, 1.54) is 16.5 Å². The van der Waals surface area contributed by atoms with Crippen LogP contribution in [-0.4, -0.2) is 10.9 Å². The zero-order valence-corrected chi connectivity index (χ0v) is 13.4. The maximum atomic E-state index is 12.1. The van der Waals surface area contributed by atoms with E-state index in [0.717, 1.165) is 30.5 Å². The molecule has 1 amide bonds. The molecule has 3 heteroatoms. The molecular weight excluding hydrogens is 284 g/mol. The van der Waals surface area contributed by atoms with E-state index < -0.39 is 0 Å². The number of para-hydroxylation sites is 1. The Morgan fingerprint density at radius 3 is 2.61 bits per heavy atom. The standard InChI is InChI=1S/C20H22N2O/c1-2-5-15-8-11-17(12-9-15)22-20(23)13-10-16-14-21-19-7-4-3-6-18(16)19/h3-4,6-9,11-12,14,21H,2,5,10,13H2,1H3,(H,22,23). The van der Waals surface area contributed by atoms with E-state index in [-0.39, 0.29) is 5.91 Å². The Balaban J connectivity index is 1.57. The minimum Gasteiger partial charge on any atom is -0.361 e. The summed E-state index contributed by atoms with van der Waals surface area (Å²) in [5, 5.41) is 4.17. The van der Waals surface area contributed by atoms with Crippen molar-refractivity contribution in [3.8, 4) is 0 Å². The van der Waals surface area contributed by atoms with Crippen molar-refractivity contribution >= 4 is 22.5 Å². The first-order valence-electron chi connectivity index (χ1n) is 8.20. The van der Waals surface area contributed by atoms with Gasteiger partial charge < -0.3 is 10.3 Å². The van der Waals surface area contributed by atoms with E-state index >= 15 is 0 Å². The fourth-order valence-corrected chi connectivity index (χ4v) is 2.85. The van der Waals surface area contributed by atoms with Gasteiger partial charge in [0.25, 0.3) is 0 Å². The predicted octanol–water partition coefficient (Wildman–Crippen LogP) is 4.69. The van der Waals surface area contributed by atoms with Gasteiger partial charge in [-0.15, -0.1) is 0 Å². The largest absolute Gasteiger partial charge is 0.361 e. The maximum Gasteiger partial charge on any atom is 0.224 e. The van der Waals surface area contributed by atoms with Crippen LogP contribution in [0.5, 0.6) is 0 Å². The van der Waals surface area contributed by atoms with Crippen LogP contribution in [0.2, 0.25) is 0 Å². The lowest BCUT2D eigenvalue weighted by atomic mass is 10.1. The number of hydrogen-bond donors (Lipinski definition) is 2. The van der Waals surface area contributed by atoms with Crippen molar-refractivity contribution in [1.29, 1.82) is 0 Å². The lowest BCUT2D eigenvalue weighted by Crippen LogP contribution is -2.12. The van der Waals surface area contributed by atoms with Crippen molar-refractivity contribution in [2.24, 2.45) is 0 Å². The first-order chi connectivity index (χ1) is 11.3. The van der Waals surface area contributed by atoms with E-state index in [0.29, 0.717) is 6.42 Å². The molecule has 0 fully saturated rings. The zero-order valence-electron chi connectivity index (χ0n) is 13.4. The average molecular weight is 306 g/mol. The number of aromatic amines is 1. The molecule has 3 nitrogen and oxygen atoms in total. The Kier molecular flexibility index (Phi) is 4.77. The number of fused-ring (bicyclic) bond motifs is 1. The van der Waals surface area contributed by atoms with Gasteiger partial charge in [-0.3, -0.25) is 4.79 Å². The number of aromatic nitrogens is 1. The summed E-state index contributed by atoms with van der Waals surface area (Å²) in [7, 11) is 0. The molecule has 0 aliphatic carbocycles. The normalized spacial score (nSPS) is 10.8. The Morgan fingerprint density at radius 2 is 1.83 bits per heavy atom. The number of amides is 1. The van der Waals surface area contributed by atoms with Crippen molar-refractivity contribution in [2.75, 3.05) is 5.32 Å². The molecule has 2 N–H and O–H groups in total. The van der Waals surface area contributed by atoms with Crippen LogP contribution in [0, 0.1) is 0 Å². The Bertz CT molecular complexity index is 787. The molecule has 1 heterocycles. The van der Waals surface area contributed by atoms with Crippen molar-refractivity contribution in [1.82, 2.24) is 4.98 Å². The third-order valence-corrected chi connectivity index (χ3v) is 4.07. The van der Waals surface area contributed by atoms with Crippen LogP contribution >= 0.6 is 0 Å². The Labute approximate surface area is 136 Å². The minimum absolute atomic E-state index is 0.0542. The summed E-state index contributed by atoms with van der Waals surface area (Å²) in [4.78, 5) is 15.4. The summed E-state index contributed by atoms with van der Waals surface area (Å²) in [6, 6.07) is 16.3. The van der Waals surface area contributed by atoms with Crippen LogP contribution in [0.15, 0.2) is 54.7 Å². The molecule has 0 saturated heterocycles. The molecule has 0 aliphatic heterocycles. The molecule has 0 unspecified atom stereocenters. The van der Waals surface area contributed by atoms with E-state index in [9.17, 15) is 4.79 Å². The topological polar surface area (TPSA) is 44.9 Å². The fraction of sp³-hybridized carbons (Fsp3) is 0.250. The van der Waals surface area contributed by atoms with Crippen molar-refractivity contribution in [3.05, 3.63) is 65.9 Å². The molecule has 0 atom stereocenters. The number of anilines is 1. The molecule has 3 aromatic rings. The van der Waals surface area contributed by atoms with Gasteiger partial charge >= 0.3 is 0 Å². The number of benzene rings is 2. The summed E-state index contributed by atoms with van der Waals surface area (Å²) in [5.41, 5.74) is 4.49. The number of hydrogen-bond acceptors (Lipinski definition) is 1. The molecule has 1 aromatic heterocycles. The highest BCUT2D eigenvalue weighted by Gasteiger charge is 2.07. The van der Waals surface area contributed by atoms with Gasteiger partial charge in [-0.1, -0.05) is 43.7 Å².